The monoisotopic (exact) mass is 359 g/mol. The molecular weight excluding hydrogens is 338 g/mol. The number of rotatable bonds is 5. The van der Waals surface area contributed by atoms with E-state index in [4.69, 9.17) is 0 Å². The largest absolute Gasteiger partial charge is 0.268 e. The molecule has 0 saturated heterocycles. The molecule has 0 aliphatic heterocycles. The van der Waals surface area contributed by atoms with Gasteiger partial charge in [0.05, 0.1) is 11.0 Å². The summed E-state index contributed by atoms with van der Waals surface area (Å²) >= 11 is 0. The lowest BCUT2D eigenvalue weighted by atomic mass is 10.0. The normalized spacial score (nSPS) is 16.9. The van der Waals surface area contributed by atoms with Crippen molar-refractivity contribution in [3.8, 4) is 0 Å². The fourth-order valence-electron chi connectivity index (χ4n) is 2.75. The molecule has 1 N–H and O–H groups in total. The molecule has 0 aromatic heterocycles. The Kier molecular flexibility index (Phi) is 5.46. The summed E-state index contributed by atoms with van der Waals surface area (Å²) in [6.07, 6.45) is 4.96. The first-order valence-electron chi connectivity index (χ1n) is 7.50. The molecule has 1 aliphatic rings. The van der Waals surface area contributed by atoms with Crippen LogP contribution in [0.4, 0.5) is 0 Å². The highest BCUT2D eigenvalue weighted by molar-refractivity contribution is 7.90. The topological polar surface area (TPSA) is 97.4 Å². The lowest BCUT2D eigenvalue weighted by Gasteiger charge is -2.21. The maximum Gasteiger partial charge on any atom is 0.264 e. The second-order valence-corrected chi connectivity index (χ2v) is 10.1. The average Bonchev–Trinajstić information content (AvgIpc) is 2.46. The zero-order valence-corrected chi connectivity index (χ0v) is 14.6. The fourth-order valence-corrected chi connectivity index (χ4v) is 5.03. The highest BCUT2D eigenvalue weighted by Crippen LogP contribution is 2.23. The number of amides is 1. The van der Waals surface area contributed by atoms with Gasteiger partial charge in [-0.15, -0.1) is 0 Å². The third-order valence-electron chi connectivity index (χ3n) is 3.84. The molecule has 0 atom stereocenters. The summed E-state index contributed by atoms with van der Waals surface area (Å²) in [6, 6.07) is 6.01. The lowest BCUT2D eigenvalue weighted by Crippen LogP contribution is -2.39. The molecule has 0 bridgehead atoms. The molecule has 23 heavy (non-hydrogen) atoms. The Balaban J connectivity index is 2.12. The van der Waals surface area contributed by atoms with Gasteiger partial charge in [0, 0.05) is 11.8 Å². The number of benzene rings is 1. The molecule has 128 valence electrons. The number of hydrogen-bond acceptors (Lipinski definition) is 5. The molecular formula is C15H21NO5S2. The molecule has 1 aromatic rings. The van der Waals surface area contributed by atoms with E-state index >= 15 is 0 Å². The minimum absolute atomic E-state index is 0.144. The van der Waals surface area contributed by atoms with Gasteiger partial charge in [0.2, 0.25) is 10.0 Å². The minimum Gasteiger partial charge on any atom is -0.268 e. The summed E-state index contributed by atoms with van der Waals surface area (Å²) in [7, 11) is -6.92. The Labute approximate surface area is 137 Å². The van der Waals surface area contributed by atoms with Crippen molar-refractivity contribution in [3.05, 3.63) is 35.4 Å². The zero-order valence-electron chi connectivity index (χ0n) is 13.0. The molecule has 1 aliphatic carbocycles. The van der Waals surface area contributed by atoms with Gasteiger partial charge in [0.15, 0.2) is 9.84 Å². The van der Waals surface area contributed by atoms with Gasteiger partial charge in [-0.25, -0.2) is 21.6 Å². The van der Waals surface area contributed by atoms with Crippen molar-refractivity contribution in [1.82, 2.24) is 4.72 Å². The number of nitrogens with one attached hydrogen (secondary N) is 1. The molecule has 1 fully saturated rings. The van der Waals surface area contributed by atoms with Gasteiger partial charge in [0.25, 0.3) is 5.91 Å². The highest BCUT2D eigenvalue weighted by atomic mass is 32.2. The second kappa shape index (κ2) is 7.00. The predicted octanol–water partition coefficient (Wildman–Crippen LogP) is 1.62. The molecule has 1 saturated carbocycles. The first-order chi connectivity index (χ1) is 10.7. The molecule has 8 heteroatoms. The van der Waals surface area contributed by atoms with Crippen LogP contribution in [0.25, 0.3) is 0 Å². The summed E-state index contributed by atoms with van der Waals surface area (Å²) in [5.74, 6) is -0.908. The summed E-state index contributed by atoms with van der Waals surface area (Å²) in [4.78, 5) is 12.2. The van der Waals surface area contributed by atoms with Crippen molar-refractivity contribution in [2.75, 3.05) is 6.26 Å². The van der Waals surface area contributed by atoms with Crippen LogP contribution in [0.2, 0.25) is 0 Å². The van der Waals surface area contributed by atoms with E-state index in [1.165, 1.54) is 12.1 Å². The van der Waals surface area contributed by atoms with Crippen LogP contribution < -0.4 is 4.72 Å². The zero-order chi connectivity index (χ0) is 17.1. The van der Waals surface area contributed by atoms with Crippen LogP contribution in [0, 0.1) is 0 Å². The van der Waals surface area contributed by atoms with E-state index in [-0.39, 0.29) is 11.3 Å². The number of carbonyl (C=O) groups excluding carboxylic acids is 1. The van der Waals surface area contributed by atoms with E-state index in [2.05, 4.69) is 4.72 Å². The Morgan fingerprint density at radius 3 is 2.39 bits per heavy atom. The Hall–Kier alpha value is -1.41. The molecule has 0 heterocycles. The van der Waals surface area contributed by atoms with Gasteiger partial charge >= 0.3 is 0 Å². The smallest absolute Gasteiger partial charge is 0.264 e. The van der Waals surface area contributed by atoms with E-state index in [9.17, 15) is 21.6 Å². The molecule has 0 unspecified atom stereocenters. The van der Waals surface area contributed by atoms with Crippen molar-refractivity contribution >= 4 is 25.8 Å². The number of sulfone groups is 1. The minimum atomic E-state index is -3.70. The van der Waals surface area contributed by atoms with Gasteiger partial charge < -0.3 is 0 Å². The van der Waals surface area contributed by atoms with Crippen LogP contribution in [0.15, 0.2) is 24.3 Å². The SMILES string of the molecule is CS(=O)(=O)Cc1cccc(C(=O)NS(=O)(=O)C2CCCCC2)c1. The van der Waals surface area contributed by atoms with Gasteiger partial charge in [-0.2, -0.15) is 0 Å². The molecule has 2 rings (SSSR count). The number of carbonyl (C=O) groups is 1. The average molecular weight is 359 g/mol. The molecule has 0 spiro atoms. The van der Waals surface area contributed by atoms with Gasteiger partial charge in [-0.05, 0) is 30.5 Å². The molecule has 1 amide bonds. The van der Waals surface area contributed by atoms with Crippen LogP contribution in [0.5, 0.6) is 0 Å². The maximum atomic E-state index is 12.3. The third kappa shape index (κ3) is 5.31. The second-order valence-electron chi connectivity index (χ2n) is 6.01. The molecule has 6 nitrogen and oxygen atoms in total. The Bertz CT molecular complexity index is 778. The van der Waals surface area contributed by atoms with Crippen LogP contribution >= 0.6 is 0 Å². The Morgan fingerprint density at radius 1 is 1.13 bits per heavy atom. The first kappa shape index (κ1) is 17.9. The highest BCUT2D eigenvalue weighted by Gasteiger charge is 2.29. The maximum absolute atomic E-state index is 12.3. The van der Waals surface area contributed by atoms with E-state index in [1.807, 2.05) is 0 Å². The van der Waals surface area contributed by atoms with Gasteiger partial charge in [-0.1, -0.05) is 31.4 Å². The lowest BCUT2D eigenvalue weighted by molar-refractivity contribution is 0.0980. The van der Waals surface area contributed by atoms with Crippen LogP contribution in [0.3, 0.4) is 0 Å². The van der Waals surface area contributed by atoms with Crippen molar-refractivity contribution in [1.29, 1.82) is 0 Å². The summed E-state index contributed by atoms with van der Waals surface area (Å²) < 4.78 is 49.3. The Morgan fingerprint density at radius 2 is 1.78 bits per heavy atom. The van der Waals surface area contributed by atoms with E-state index in [0.29, 0.717) is 18.4 Å². The van der Waals surface area contributed by atoms with Crippen molar-refractivity contribution in [2.24, 2.45) is 0 Å². The summed E-state index contributed by atoms with van der Waals surface area (Å²) in [5.41, 5.74) is 0.598. The molecule has 0 radical (unpaired) electrons. The quantitative estimate of drug-likeness (QED) is 0.861. The van der Waals surface area contributed by atoms with Crippen molar-refractivity contribution in [3.63, 3.8) is 0 Å². The van der Waals surface area contributed by atoms with Crippen molar-refractivity contribution < 1.29 is 21.6 Å². The predicted molar refractivity (Wildman–Crippen MR) is 88.2 cm³/mol. The van der Waals surface area contributed by atoms with E-state index < -0.39 is 31.0 Å². The van der Waals surface area contributed by atoms with Crippen LogP contribution in [-0.2, 0) is 25.6 Å². The van der Waals surface area contributed by atoms with Crippen molar-refractivity contribution in [2.45, 2.75) is 43.1 Å². The van der Waals surface area contributed by atoms with E-state index in [1.54, 1.807) is 12.1 Å². The van der Waals surface area contributed by atoms with Crippen LogP contribution in [-0.4, -0.2) is 34.2 Å². The summed E-state index contributed by atoms with van der Waals surface area (Å²) in [5, 5.41) is -0.528. The number of sulfonamides is 1. The van der Waals surface area contributed by atoms with Gasteiger partial charge in [-0.3, -0.25) is 4.79 Å². The third-order valence-corrected chi connectivity index (χ3v) is 6.52. The fraction of sp³-hybridized carbons (Fsp3) is 0.533. The van der Waals surface area contributed by atoms with Crippen LogP contribution in [0.1, 0.15) is 48.0 Å². The van der Waals surface area contributed by atoms with Gasteiger partial charge in [0.1, 0.15) is 0 Å². The molecule has 1 aromatic carbocycles. The number of hydrogen-bond donors (Lipinski definition) is 1. The van der Waals surface area contributed by atoms with E-state index in [0.717, 1.165) is 25.5 Å². The standard InChI is InChI=1S/C15H21NO5S2/c1-22(18,19)11-12-6-5-7-13(10-12)15(17)16-23(20,21)14-8-3-2-4-9-14/h5-7,10,14H,2-4,8-9,11H2,1H3,(H,16,17). The summed E-state index contributed by atoms with van der Waals surface area (Å²) in [6.45, 7) is 0. The first-order valence-corrected chi connectivity index (χ1v) is 11.1.